The van der Waals surface area contributed by atoms with E-state index in [0.717, 1.165) is 12.1 Å². The van der Waals surface area contributed by atoms with Crippen LogP contribution in [0.25, 0.3) is 0 Å². The van der Waals surface area contributed by atoms with E-state index in [2.05, 4.69) is 16.9 Å². The first-order valence-electron chi connectivity index (χ1n) is 8.39. The Morgan fingerprint density at radius 1 is 1.31 bits per heavy atom. The molecule has 1 aromatic rings. The van der Waals surface area contributed by atoms with Gasteiger partial charge in [0.15, 0.2) is 6.23 Å². The molecule has 0 radical (unpaired) electrons. The molecule has 2 aliphatic rings. The van der Waals surface area contributed by atoms with E-state index in [1.807, 2.05) is 20.8 Å². The van der Waals surface area contributed by atoms with Crippen LogP contribution in [0.15, 0.2) is 35.7 Å². The van der Waals surface area contributed by atoms with Gasteiger partial charge in [0.1, 0.15) is 11.6 Å². The minimum absolute atomic E-state index is 0.0525. The van der Waals surface area contributed by atoms with E-state index in [4.69, 9.17) is 10.5 Å². The molecular weight excluding hydrogens is 345 g/mol. The second-order valence-electron chi connectivity index (χ2n) is 7.09. The van der Waals surface area contributed by atoms with E-state index in [9.17, 15) is 18.4 Å². The first-order chi connectivity index (χ1) is 12.1. The molecule has 2 heterocycles. The summed E-state index contributed by atoms with van der Waals surface area (Å²) in [6.07, 6.45) is -5.02. The van der Waals surface area contributed by atoms with Gasteiger partial charge in [0.25, 0.3) is 0 Å². The summed E-state index contributed by atoms with van der Waals surface area (Å²) in [4.78, 5) is 0. The molecule has 1 fully saturated rings. The smallest absolute Gasteiger partial charge is 0.416 e. The molecule has 0 aromatic heterocycles. The van der Waals surface area contributed by atoms with Crippen LogP contribution in [0.5, 0.6) is 0 Å². The number of ether oxygens (including phenoxy) is 1. The summed E-state index contributed by atoms with van der Waals surface area (Å²) in [6.45, 7) is 5.68. The molecule has 0 aliphatic carbocycles. The number of nitrogens with zero attached hydrogens (tertiary/aromatic N) is 1. The molecule has 8 heteroatoms. The van der Waals surface area contributed by atoms with Gasteiger partial charge in [0.05, 0.1) is 5.56 Å². The number of hydrogen-bond acceptors (Lipinski definition) is 5. The summed E-state index contributed by atoms with van der Waals surface area (Å²) in [5, 5.41) is 9.81. The van der Waals surface area contributed by atoms with Crippen molar-refractivity contribution in [3.63, 3.8) is 0 Å². The van der Waals surface area contributed by atoms with E-state index in [1.165, 1.54) is 6.07 Å². The number of allylic oxidation sites excluding steroid dienone is 1. The van der Waals surface area contributed by atoms with Crippen LogP contribution < -0.4 is 16.6 Å². The lowest BCUT2D eigenvalue weighted by Crippen LogP contribution is -2.54. The van der Waals surface area contributed by atoms with Crippen molar-refractivity contribution in [1.29, 1.82) is 5.26 Å². The van der Waals surface area contributed by atoms with Gasteiger partial charge in [-0.15, -0.1) is 0 Å². The number of rotatable bonds is 2. The van der Waals surface area contributed by atoms with Gasteiger partial charge in [-0.05, 0) is 24.5 Å². The lowest BCUT2D eigenvalue weighted by molar-refractivity contribution is -0.137. The maximum atomic E-state index is 13.3. The number of fused-ring (bicyclic) bond motifs is 1. The Morgan fingerprint density at radius 3 is 2.58 bits per heavy atom. The number of hydrazine groups is 1. The molecule has 0 amide bonds. The van der Waals surface area contributed by atoms with Crippen molar-refractivity contribution >= 4 is 0 Å². The lowest BCUT2D eigenvalue weighted by atomic mass is 9.56. The Labute approximate surface area is 150 Å². The average molecular weight is 366 g/mol. The minimum atomic E-state index is -4.47. The number of hydrogen-bond donors (Lipinski definition) is 3. The van der Waals surface area contributed by atoms with Crippen molar-refractivity contribution in [3.8, 4) is 6.07 Å². The highest BCUT2D eigenvalue weighted by atomic mass is 19.4. The first kappa shape index (κ1) is 18.5. The molecule has 3 unspecified atom stereocenters. The maximum absolute atomic E-state index is 13.3. The van der Waals surface area contributed by atoms with Crippen molar-refractivity contribution in [2.75, 3.05) is 0 Å². The van der Waals surface area contributed by atoms with Crippen molar-refractivity contribution in [1.82, 2.24) is 10.9 Å². The monoisotopic (exact) mass is 366 g/mol. The lowest BCUT2D eigenvalue weighted by Gasteiger charge is -2.48. The van der Waals surface area contributed by atoms with Crippen LogP contribution >= 0.6 is 0 Å². The summed E-state index contributed by atoms with van der Waals surface area (Å²) < 4.78 is 45.6. The van der Waals surface area contributed by atoms with Crippen molar-refractivity contribution in [2.24, 2.45) is 17.6 Å². The Morgan fingerprint density at radius 2 is 2.00 bits per heavy atom. The third-order valence-electron chi connectivity index (χ3n) is 5.45. The van der Waals surface area contributed by atoms with E-state index in [1.54, 1.807) is 6.07 Å². The third-order valence-corrected chi connectivity index (χ3v) is 5.45. The largest absolute Gasteiger partial charge is 0.458 e. The van der Waals surface area contributed by atoms with Gasteiger partial charge in [-0.1, -0.05) is 32.0 Å². The molecule has 1 aromatic carbocycles. The second-order valence-corrected chi connectivity index (χ2v) is 7.09. The Hall–Kier alpha value is -2.24. The van der Waals surface area contributed by atoms with Gasteiger partial charge >= 0.3 is 6.18 Å². The molecule has 4 N–H and O–H groups in total. The zero-order chi connectivity index (χ0) is 19.3. The zero-order valence-corrected chi connectivity index (χ0v) is 14.7. The van der Waals surface area contributed by atoms with E-state index < -0.39 is 23.4 Å². The number of nitrogens with two attached hydrogens (primary N) is 1. The summed E-state index contributed by atoms with van der Waals surface area (Å²) in [7, 11) is 0. The number of nitrogens with one attached hydrogen (secondary N) is 2. The van der Waals surface area contributed by atoms with Crippen molar-refractivity contribution in [3.05, 3.63) is 46.8 Å². The SMILES string of the molecule is CC1NNC2OC(N)=C(C#N)[C@](c3cccc(C(F)(F)F)c3)(C(C)C)C12. The summed E-state index contributed by atoms with van der Waals surface area (Å²) in [5.74, 6) is -0.559. The standard InChI is InChI=1S/C18H21F3N4O/c1-9(2)17(11-5-4-6-12(7-11)18(19,20)21)13(8-22)15(23)26-16-14(17)10(3)24-25-16/h4-7,9-10,14,16,24-25H,23H2,1-3H3/t10?,14?,16?,17-/m1/s1. The maximum Gasteiger partial charge on any atom is 0.416 e. The molecule has 0 bridgehead atoms. The molecular formula is C18H21F3N4O. The fourth-order valence-electron chi connectivity index (χ4n) is 4.40. The highest BCUT2D eigenvalue weighted by Gasteiger charge is 2.59. The highest BCUT2D eigenvalue weighted by molar-refractivity contribution is 5.50. The van der Waals surface area contributed by atoms with E-state index >= 15 is 0 Å². The average Bonchev–Trinajstić information content (AvgIpc) is 2.93. The molecule has 0 spiro atoms. The molecule has 26 heavy (non-hydrogen) atoms. The van der Waals surface area contributed by atoms with Crippen LogP contribution in [-0.4, -0.2) is 12.3 Å². The molecule has 4 atom stereocenters. The number of nitriles is 1. The predicted molar refractivity (Wildman–Crippen MR) is 88.9 cm³/mol. The van der Waals surface area contributed by atoms with E-state index in [-0.39, 0.29) is 29.3 Å². The van der Waals surface area contributed by atoms with Gasteiger partial charge in [-0.3, -0.25) is 5.43 Å². The van der Waals surface area contributed by atoms with Gasteiger partial charge in [-0.2, -0.15) is 18.4 Å². The first-order valence-corrected chi connectivity index (χ1v) is 8.39. The number of halogens is 3. The fourth-order valence-corrected chi connectivity index (χ4v) is 4.40. The topological polar surface area (TPSA) is 83.1 Å². The van der Waals surface area contributed by atoms with Crippen LogP contribution in [-0.2, 0) is 16.3 Å². The normalized spacial score (nSPS) is 31.5. The van der Waals surface area contributed by atoms with Gasteiger partial charge < -0.3 is 10.5 Å². The van der Waals surface area contributed by atoms with E-state index in [0.29, 0.717) is 5.56 Å². The Bertz CT molecular complexity index is 783. The van der Waals surface area contributed by atoms with Gasteiger partial charge in [0, 0.05) is 17.4 Å². The van der Waals surface area contributed by atoms with Crippen molar-refractivity contribution in [2.45, 2.75) is 44.6 Å². The van der Waals surface area contributed by atoms with Crippen LogP contribution in [0, 0.1) is 23.2 Å². The van der Waals surface area contributed by atoms with Gasteiger partial charge in [0.2, 0.25) is 5.88 Å². The molecule has 5 nitrogen and oxygen atoms in total. The molecule has 1 saturated heterocycles. The second kappa shape index (κ2) is 6.18. The van der Waals surface area contributed by atoms with Crippen LogP contribution in [0.1, 0.15) is 31.9 Å². The Kier molecular flexibility index (Phi) is 4.41. The van der Waals surface area contributed by atoms with Crippen molar-refractivity contribution < 1.29 is 17.9 Å². The van der Waals surface area contributed by atoms with Crippen LogP contribution in [0.2, 0.25) is 0 Å². The Balaban J connectivity index is 2.32. The number of benzene rings is 1. The summed E-state index contributed by atoms with van der Waals surface area (Å²) in [5.41, 5.74) is 10.9. The van der Waals surface area contributed by atoms with Crippen LogP contribution in [0.4, 0.5) is 13.2 Å². The minimum Gasteiger partial charge on any atom is -0.458 e. The zero-order valence-electron chi connectivity index (χ0n) is 14.7. The predicted octanol–water partition coefficient (Wildman–Crippen LogP) is 2.76. The summed E-state index contributed by atoms with van der Waals surface area (Å²) >= 11 is 0. The molecule has 0 saturated carbocycles. The fraction of sp³-hybridized carbons (Fsp3) is 0.500. The molecule has 140 valence electrons. The summed E-state index contributed by atoms with van der Waals surface area (Å²) in [6, 6.07) is 7.12. The number of alkyl halides is 3. The quantitative estimate of drug-likeness (QED) is 0.750. The highest BCUT2D eigenvalue weighted by Crippen LogP contribution is 2.53. The van der Waals surface area contributed by atoms with Gasteiger partial charge in [-0.25, -0.2) is 5.43 Å². The molecule has 3 rings (SSSR count). The molecule has 2 aliphatic heterocycles. The third kappa shape index (κ3) is 2.54. The van der Waals surface area contributed by atoms with Crippen LogP contribution in [0.3, 0.4) is 0 Å².